The number of hydrogen-bond acceptors (Lipinski definition) is 6. The molecule has 32 heavy (non-hydrogen) atoms. The fraction of sp³-hybridized carbons (Fsp3) is 0.320. The van der Waals surface area contributed by atoms with Crippen LogP contribution in [-0.2, 0) is 6.42 Å². The van der Waals surface area contributed by atoms with Gasteiger partial charge in [-0.3, -0.25) is 4.79 Å². The molecular weight excluding hydrogens is 424 g/mol. The number of aromatic nitrogens is 1. The van der Waals surface area contributed by atoms with E-state index in [1.54, 1.807) is 6.07 Å². The summed E-state index contributed by atoms with van der Waals surface area (Å²) < 4.78 is 6.46. The van der Waals surface area contributed by atoms with E-state index in [0.29, 0.717) is 41.4 Å². The lowest BCUT2D eigenvalue weighted by Gasteiger charge is -2.14. The molecule has 3 aromatic rings. The number of aliphatic hydroxyl groups is 1. The number of allylic oxidation sites excluding steroid dienone is 4. The number of thiazole rings is 1. The largest absolute Gasteiger partial charge is 0.506 e. The van der Waals surface area contributed by atoms with Gasteiger partial charge >= 0.3 is 4.87 Å². The molecule has 1 aliphatic rings. The van der Waals surface area contributed by atoms with Crippen LogP contribution in [0.15, 0.2) is 65.5 Å². The summed E-state index contributed by atoms with van der Waals surface area (Å²) in [4.78, 5) is 14.0. The first-order valence-corrected chi connectivity index (χ1v) is 11.7. The molecule has 0 saturated heterocycles. The van der Waals surface area contributed by atoms with Gasteiger partial charge < -0.3 is 25.3 Å². The lowest BCUT2D eigenvalue weighted by molar-refractivity contribution is 0.176. The molecule has 7 heteroatoms. The van der Waals surface area contributed by atoms with Crippen molar-refractivity contribution in [3.05, 3.63) is 81.5 Å². The Morgan fingerprint density at radius 3 is 2.81 bits per heavy atom. The number of fused-ring (bicyclic) bond motifs is 1. The molecule has 2 atom stereocenters. The molecule has 4 rings (SSSR count). The van der Waals surface area contributed by atoms with Crippen LogP contribution in [0.3, 0.4) is 0 Å². The molecule has 0 aliphatic heterocycles. The number of H-pyrrole nitrogens is 1. The van der Waals surface area contributed by atoms with Crippen LogP contribution in [0.25, 0.3) is 10.2 Å². The third-order valence-electron chi connectivity index (χ3n) is 5.63. The molecule has 0 saturated carbocycles. The maximum absolute atomic E-state index is 11.6. The molecule has 0 radical (unpaired) electrons. The molecule has 0 spiro atoms. The van der Waals surface area contributed by atoms with Crippen LogP contribution in [0.5, 0.6) is 11.5 Å². The predicted molar refractivity (Wildman–Crippen MR) is 129 cm³/mol. The highest BCUT2D eigenvalue weighted by atomic mass is 32.1. The standard InChI is InChI=1S/C25H28N2O4S/c28-21-11-10-20(24-23(21)27-25(30)32-24)22(29)16-26-14-12-18-6-8-19(9-7-18)31-15-13-17-4-2-1-3-5-17/h1-4,6-11,17,22,26,28-29H,5,12-16H2,(H,27,30). The highest BCUT2D eigenvalue weighted by Gasteiger charge is 2.16. The number of ether oxygens (including phenoxy) is 1. The van der Waals surface area contributed by atoms with Crippen LogP contribution in [0, 0.1) is 5.92 Å². The van der Waals surface area contributed by atoms with Gasteiger partial charge in [-0.15, -0.1) is 0 Å². The van der Waals surface area contributed by atoms with E-state index in [1.165, 1.54) is 11.6 Å². The van der Waals surface area contributed by atoms with Gasteiger partial charge in [-0.1, -0.05) is 53.8 Å². The zero-order valence-electron chi connectivity index (χ0n) is 17.8. The minimum absolute atomic E-state index is 0.0117. The number of benzene rings is 2. The summed E-state index contributed by atoms with van der Waals surface area (Å²) >= 11 is 0.995. The van der Waals surface area contributed by atoms with Gasteiger partial charge in [0.05, 0.1) is 17.4 Å². The molecule has 2 aromatic carbocycles. The summed E-state index contributed by atoms with van der Waals surface area (Å²) in [5.74, 6) is 1.46. The van der Waals surface area contributed by atoms with Crippen LogP contribution in [0.2, 0.25) is 0 Å². The fourth-order valence-corrected chi connectivity index (χ4v) is 4.73. The average Bonchev–Trinajstić information content (AvgIpc) is 3.21. The maximum Gasteiger partial charge on any atom is 0.305 e. The Kier molecular flexibility index (Phi) is 7.42. The van der Waals surface area contributed by atoms with Crippen LogP contribution >= 0.6 is 11.3 Å². The second kappa shape index (κ2) is 10.6. The Morgan fingerprint density at radius 2 is 2.03 bits per heavy atom. The van der Waals surface area contributed by atoms with Gasteiger partial charge in [0.25, 0.3) is 0 Å². The molecule has 0 amide bonds. The van der Waals surface area contributed by atoms with Gasteiger partial charge in [-0.2, -0.15) is 0 Å². The van der Waals surface area contributed by atoms with Crippen molar-refractivity contribution in [2.75, 3.05) is 19.7 Å². The van der Waals surface area contributed by atoms with Gasteiger partial charge in [-0.05, 0) is 55.5 Å². The van der Waals surface area contributed by atoms with E-state index in [9.17, 15) is 15.0 Å². The van der Waals surface area contributed by atoms with E-state index in [-0.39, 0.29) is 10.6 Å². The first-order valence-electron chi connectivity index (χ1n) is 10.9. The van der Waals surface area contributed by atoms with Crippen molar-refractivity contribution in [1.82, 2.24) is 10.3 Å². The predicted octanol–water partition coefficient (Wildman–Crippen LogP) is 4.06. The number of nitrogens with one attached hydrogen (secondary N) is 2. The second-order valence-corrected chi connectivity index (χ2v) is 8.94. The fourth-order valence-electron chi connectivity index (χ4n) is 3.81. The van der Waals surface area contributed by atoms with Gasteiger partial charge in [0.1, 0.15) is 17.0 Å². The highest BCUT2D eigenvalue weighted by molar-refractivity contribution is 7.16. The van der Waals surface area contributed by atoms with Gasteiger partial charge in [0.15, 0.2) is 0 Å². The zero-order chi connectivity index (χ0) is 22.3. The van der Waals surface area contributed by atoms with Gasteiger partial charge in [0, 0.05) is 12.1 Å². The molecule has 0 fully saturated rings. The first kappa shape index (κ1) is 22.3. The minimum atomic E-state index is -0.769. The van der Waals surface area contributed by atoms with Crippen molar-refractivity contribution in [3.8, 4) is 11.5 Å². The van der Waals surface area contributed by atoms with E-state index >= 15 is 0 Å². The Morgan fingerprint density at radius 1 is 1.19 bits per heavy atom. The van der Waals surface area contributed by atoms with Gasteiger partial charge in [0.2, 0.25) is 0 Å². The number of hydrogen-bond donors (Lipinski definition) is 4. The Bertz CT molecular complexity index is 1150. The lowest BCUT2D eigenvalue weighted by atomic mass is 9.98. The van der Waals surface area contributed by atoms with Crippen molar-refractivity contribution in [2.24, 2.45) is 5.92 Å². The second-order valence-electron chi connectivity index (χ2n) is 7.95. The van der Waals surface area contributed by atoms with Gasteiger partial charge in [-0.25, -0.2) is 0 Å². The Labute approximate surface area is 190 Å². The van der Waals surface area contributed by atoms with Crippen LogP contribution < -0.4 is 14.9 Å². The van der Waals surface area contributed by atoms with E-state index in [4.69, 9.17) is 4.74 Å². The van der Waals surface area contributed by atoms with E-state index in [1.807, 2.05) is 12.1 Å². The Hall–Kier alpha value is -2.87. The molecule has 0 bridgehead atoms. The highest BCUT2D eigenvalue weighted by Crippen LogP contribution is 2.31. The molecule has 1 heterocycles. The third kappa shape index (κ3) is 5.68. The third-order valence-corrected chi connectivity index (χ3v) is 6.56. The molecule has 4 N–H and O–H groups in total. The SMILES string of the molecule is O=c1[nH]c2c(O)ccc(C(O)CNCCc3ccc(OCCC4C=CC=CC4)cc3)c2s1. The summed E-state index contributed by atoms with van der Waals surface area (Å²) in [6.07, 6.45) is 10.8. The van der Waals surface area contributed by atoms with Crippen molar-refractivity contribution in [2.45, 2.75) is 25.4 Å². The minimum Gasteiger partial charge on any atom is -0.506 e. The van der Waals surface area contributed by atoms with E-state index in [2.05, 4.69) is 46.7 Å². The summed E-state index contributed by atoms with van der Waals surface area (Å²) in [6, 6.07) is 11.3. The smallest absolute Gasteiger partial charge is 0.305 e. The number of rotatable bonds is 10. The molecule has 1 aliphatic carbocycles. The van der Waals surface area contributed by atoms with Crippen LogP contribution in [0.1, 0.15) is 30.1 Å². The number of phenols is 1. The summed E-state index contributed by atoms with van der Waals surface area (Å²) in [6.45, 7) is 1.78. The number of phenolic OH excluding ortho intramolecular Hbond substituents is 1. The first-order chi connectivity index (χ1) is 15.6. The Balaban J connectivity index is 1.20. The van der Waals surface area contributed by atoms with E-state index in [0.717, 1.165) is 36.3 Å². The molecule has 2 unspecified atom stereocenters. The zero-order valence-corrected chi connectivity index (χ0v) is 18.6. The number of aromatic hydroxyl groups is 1. The summed E-state index contributed by atoms with van der Waals surface area (Å²) in [5, 5.41) is 23.7. The van der Waals surface area contributed by atoms with Crippen molar-refractivity contribution in [1.29, 1.82) is 0 Å². The van der Waals surface area contributed by atoms with Crippen molar-refractivity contribution < 1.29 is 14.9 Å². The molecule has 168 valence electrons. The quantitative estimate of drug-likeness (QED) is 0.348. The summed E-state index contributed by atoms with van der Waals surface area (Å²) in [7, 11) is 0. The maximum atomic E-state index is 11.6. The molecule has 6 nitrogen and oxygen atoms in total. The molecule has 1 aromatic heterocycles. The number of aromatic amines is 1. The lowest BCUT2D eigenvalue weighted by Crippen LogP contribution is -2.23. The van der Waals surface area contributed by atoms with Crippen LogP contribution in [-0.4, -0.2) is 34.9 Å². The monoisotopic (exact) mass is 452 g/mol. The molecular formula is C25H28N2O4S. The normalized spacial score (nSPS) is 16.5. The average molecular weight is 453 g/mol. The summed E-state index contributed by atoms with van der Waals surface area (Å²) in [5.41, 5.74) is 2.20. The topological polar surface area (TPSA) is 94.6 Å². The van der Waals surface area contributed by atoms with E-state index < -0.39 is 6.10 Å². The number of aliphatic hydroxyl groups excluding tert-OH is 1. The van der Waals surface area contributed by atoms with Crippen LogP contribution in [0.4, 0.5) is 0 Å². The van der Waals surface area contributed by atoms with Crippen molar-refractivity contribution >= 4 is 21.6 Å². The van der Waals surface area contributed by atoms with Crippen molar-refractivity contribution in [3.63, 3.8) is 0 Å².